The van der Waals surface area contributed by atoms with Crippen LogP contribution in [0.4, 0.5) is 5.82 Å². The van der Waals surface area contributed by atoms with E-state index in [4.69, 9.17) is 9.47 Å². The highest BCUT2D eigenvalue weighted by Crippen LogP contribution is 2.22. The van der Waals surface area contributed by atoms with Gasteiger partial charge in [0, 0.05) is 5.56 Å². The number of nitrogens with one attached hydrogen (secondary N) is 4. The van der Waals surface area contributed by atoms with Crippen molar-refractivity contribution in [3.8, 4) is 11.5 Å². The third-order valence-corrected chi connectivity index (χ3v) is 2.96. The Morgan fingerprint density at radius 2 is 2.12 bits per heavy atom. The highest BCUT2D eigenvalue weighted by Gasteiger charge is 2.06. The third-order valence-electron chi connectivity index (χ3n) is 2.96. The molecule has 0 aliphatic rings. The second-order valence-electron chi connectivity index (χ2n) is 4.61. The van der Waals surface area contributed by atoms with Gasteiger partial charge in [-0.25, -0.2) is 15.3 Å². The lowest BCUT2D eigenvalue weighted by atomic mass is 10.2. The maximum atomic E-state index is 11.7. The number of carbonyl (C=O) groups is 1. The van der Waals surface area contributed by atoms with Crippen molar-refractivity contribution in [2.45, 2.75) is 0 Å². The number of methoxy groups -OCH3 is 2. The largest absolute Gasteiger partial charge is 0.497 e. The number of aromatic amines is 2. The number of anilines is 1. The normalized spacial score (nSPS) is 10.5. The Bertz CT molecular complexity index is 888. The van der Waals surface area contributed by atoms with Gasteiger partial charge in [-0.1, -0.05) is 0 Å². The minimum atomic E-state index is -0.739. The van der Waals surface area contributed by atoms with Crippen LogP contribution in [0.3, 0.4) is 0 Å². The number of benzene rings is 1. The first kappa shape index (κ1) is 17.7. The Balaban J connectivity index is 1.94. The lowest BCUT2D eigenvalue weighted by molar-refractivity contribution is -0.119. The minimum Gasteiger partial charge on any atom is -0.497 e. The molecule has 0 aliphatic carbocycles. The smallest absolute Gasteiger partial charge is 0.342 e. The summed E-state index contributed by atoms with van der Waals surface area (Å²) in [4.78, 5) is 35.9. The van der Waals surface area contributed by atoms with Gasteiger partial charge in [-0.2, -0.15) is 5.10 Å². The molecule has 11 heteroatoms. The lowest BCUT2D eigenvalue weighted by Crippen LogP contribution is -2.31. The molecule has 11 nitrogen and oxygen atoms in total. The molecule has 0 radical (unpaired) electrons. The van der Waals surface area contributed by atoms with Crippen LogP contribution in [0.2, 0.25) is 0 Å². The molecule has 1 aromatic heterocycles. The fourth-order valence-electron chi connectivity index (χ4n) is 1.79. The van der Waals surface area contributed by atoms with Gasteiger partial charge in [-0.15, -0.1) is 5.10 Å². The number of aromatic nitrogens is 3. The number of hydrazone groups is 1. The molecule has 2 aromatic rings. The predicted octanol–water partition coefficient (Wildman–Crippen LogP) is -0.962. The van der Waals surface area contributed by atoms with E-state index in [1.165, 1.54) is 20.4 Å². The number of hydrogen-bond donors (Lipinski definition) is 4. The molecular formula is C14H16N6O5. The molecule has 0 aliphatic heterocycles. The van der Waals surface area contributed by atoms with E-state index in [1.807, 2.05) is 10.1 Å². The summed E-state index contributed by atoms with van der Waals surface area (Å²) in [6.07, 6.45) is 1.39. The van der Waals surface area contributed by atoms with Crippen LogP contribution in [0.1, 0.15) is 5.56 Å². The van der Waals surface area contributed by atoms with E-state index >= 15 is 0 Å². The highest BCUT2D eigenvalue weighted by molar-refractivity contribution is 5.86. The van der Waals surface area contributed by atoms with Gasteiger partial charge in [-0.05, 0) is 18.2 Å². The molecule has 0 unspecified atom stereocenters. The van der Waals surface area contributed by atoms with Crippen LogP contribution in [0.25, 0.3) is 0 Å². The van der Waals surface area contributed by atoms with Gasteiger partial charge in [0.05, 0.1) is 27.0 Å². The minimum absolute atomic E-state index is 0.187. The van der Waals surface area contributed by atoms with Gasteiger partial charge < -0.3 is 14.8 Å². The number of H-pyrrole nitrogens is 2. The molecule has 132 valence electrons. The van der Waals surface area contributed by atoms with Crippen molar-refractivity contribution >= 4 is 17.9 Å². The van der Waals surface area contributed by atoms with Crippen LogP contribution < -0.4 is 31.5 Å². The van der Waals surface area contributed by atoms with Crippen LogP contribution in [0.5, 0.6) is 11.5 Å². The monoisotopic (exact) mass is 348 g/mol. The van der Waals surface area contributed by atoms with Gasteiger partial charge in [-0.3, -0.25) is 14.6 Å². The molecule has 0 saturated carbocycles. The molecular weight excluding hydrogens is 332 g/mol. The topological polar surface area (TPSA) is 151 Å². The van der Waals surface area contributed by atoms with Crippen molar-refractivity contribution in [1.82, 2.24) is 20.6 Å². The first-order chi connectivity index (χ1) is 12.0. The second-order valence-corrected chi connectivity index (χ2v) is 4.61. The highest BCUT2D eigenvalue weighted by atomic mass is 16.5. The standard InChI is InChI=1S/C14H16N6O5/c1-24-9-3-4-10(25-2)8(5-9)6-16-18-11(21)7-15-12-13(22)17-14(23)20-19-12/h3-6H,7H2,1-2H3,(H,15,19)(H,18,21)(H2,17,20,22,23)/b16-6-. The Kier molecular flexibility index (Phi) is 5.87. The van der Waals surface area contributed by atoms with Crippen molar-refractivity contribution in [3.05, 3.63) is 44.6 Å². The fourth-order valence-corrected chi connectivity index (χ4v) is 1.79. The Labute approximate surface area is 141 Å². The molecule has 1 heterocycles. The average molecular weight is 348 g/mol. The van der Waals surface area contributed by atoms with E-state index in [0.29, 0.717) is 17.1 Å². The summed E-state index contributed by atoms with van der Waals surface area (Å²) >= 11 is 0. The van der Waals surface area contributed by atoms with Crippen LogP contribution in [0.15, 0.2) is 32.9 Å². The summed E-state index contributed by atoms with van der Waals surface area (Å²) in [5.41, 5.74) is 1.41. The number of amides is 1. The number of rotatable bonds is 7. The zero-order valence-corrected chi connectivity index (χ0v) is 13.5. The van der Waals surface area contributed by atoms with E-state index in [9.17, 15) is 14.4 Å². The van der Waals surface area contributed by atoms with Crippen molar-refractivity contribution in [3.63, 3.8) is 0 Å². The van der Waals surface area contributed by atoms with Crippen LogP contribution in [0, 0.1) is 0 Å². The number of hydrogen-bond acceptors (Lipinski definition) is 8. The van der Waals surface area contributed by atoms with Gasteiger partial charge in [0.2, 0.25) is 5.82 Å². The van der Waals surface area contributed by atoms with Crippen molar-refractivity contribution < 1.29 is 14.3 Å². The molecule has 0 fully saturated rings. The molecule has 0 atom stereocenters. The first-order valence-corrected chi connectivity index (χ1v) is 7.00. The van der Waals surface area contributed by atoms with Crippen molar-refractivity contribution in [2.24, 2.45) is 5.10 Å². The summed E-state index contributed by atoms with van der Waals surface area (Å²) in [6.45, 7) is -0.269. The summed E-state index contributed by atoms with van der Waals surface area (Å²) in [6, 6.07) is 5.13. The van der Waals surface area contributed by atoms with E-state index in [1.54, 1.807) is 18.2 Å². The maximum absolute atomic E-state index is 11.7. The number of ether oxygens (including phenoxy) is 2. The Morgan fingerprint density at radius 1 is 1.32 bits per heavy atom. The zero-order chi connectivity index (χ0) is 18.2. The SMILES string of the molecule is COc1ccc(OC)c(/C=N\NC(=O)CNc2n[nH]c(=O)[nH]c2=O)c1. The molecule has 1 aromatic carbocycles. The third kappa shape index (κ3) is 4.92. The molecule has 0 spiro atoms. The fraction of sp³-hybridized carbons (Fsp3) is 0.214. The first-order valence-electron chi connectivity index (χ1n) is 7.00. The van der Waals surface area contributed by atoms with Gasteiger partial charge in [0.25, 0.3) is 11.5 Å². The average Bonchev–Trinajstić information content (AvgIpc) is 2.60. The Hall–Kier alpha value is -3.63. The second kappa shape index (κ2) is 8.29. The summed E-state index contributed by atoms with van der Waals surface area (Å²) in [5.74, 6) is 0.457. The predicted molar refractivity (Wildman–Crippen MR) is 89.3 cm³/mol. The van der Waals surface area contributed by atoms with E-state index in [0.717, 1.165) is 0 Å². The quantitative estimate of drug-likeness (QED) is 0.371. The molecule has 0 bridgehead atoms. The van der Waals surface area contributed by atoms with Crippen molar-refractivity contribution in [2.75, 3.05) is 26.1 Å². The maximum Gasteiger partial charge on any atom is 0.342 e. The van der Waals surface area contributed by atoms with E-state index in [-0.39, 0.29) is 12.4 Å². The van der Waals surface area contributed by atoms with Crippen LogP contribution in [-0.2, 0) is 4.79 Å². The van der Waals surface area contributed by atoms with Crippen LogP contribution in [-0.4, -0.2) is 48.1 Å². The molecule has 2 rings (SSSR count). The lowest BCUT2D eigenvalue weighted by Gasteiger charge is -2.07. The van der Waals surface area contributed by atoms with Gasteiger partial charge in [0.15, 0.2) is 0 Å². The summed E-state index contributed by atoms with van der Waals surface area (Å²) in [7, 11) is 3.04. The summed E-state index contributed by atoms with van der Waals surface area (Å²) in [5, 5.41) is 11.8. The van der Waals surface area contributed by atoms with Gasteiger partial charge in [0.1, 0.15) is 11.5 Å². The van der Waals surface area contributed by atoms with E-state index in [2.05, 4.69) is 20.9 Å². The van der Waals surface area contributed by atoms with Gasteiger partial charge >= 0.3 is 5.69 Å². The van der Waals surface area contributed by atoms with Crippen molar-refractivity contribution in [1.29, 1.82) is 0 Å². The Morgan fingerprint density at radius 3 is 2.80 bits per heavy atom. The zero-order valence-electron chi connectivity index (χ0n) is 13.5. The van der Waals surface area contributed by atoms with E-state index < -0.39 is 17.2 Å². The number of carbonyl (C=O) groups excluding carboxylic acids is 1. The summed E-state index contributed by atoms with van der Waals surface area (Å²) < 4.78 is 10.3. The number of nitrogens with zero attached hydrogens (tertiary/aromatic N) is 2. The molecule has 0 saturated heterocycles. The molecule has 1 amide bonds. The molecule has 25 heavy (non-hydrogen) atoms. The van der Waals surface area contributed by atoms with Crippen LogP contribution >= 0.6 is 0 Å². The molecule has 4 N–H and O–H groups in total.